The van der Waals surface area contributed by atoms with E-state index in [1.165, 1.54) is 0 Å². The zero-order chi connectivity index (χ0) is 20.9. The maximum atomic E-state index is 14.2. The molecule has 156 valence electrons. The van der Waals surface area contributed by atoms with Crippen molar-refractivity contribution >= 4 is 0 Å². The van der Waals surface area contributed by atoms with Crippen LogP contribution in [-0.2, 0) is 0 Å². The lowest BCUT2D eigenvalue weighted by Gasteiger charge is -2.37. The first-order chi connectivity index (χ1) is 14.3. The first-order valence-corrected chi connectivity index (χ1v) is 9.81. The van der Waals surface area contributed by atoms with E-state index in [4.69, 9.17) is 4.74 Å². The van der Waals surface area contributed by atoms with Gasteiger partial charge in [-0.05, 0) is 31.5 Å². The van der Waals surface area contributed by atoms with E-state index in [2.05, 4.69) is 20.5 Å². The van der Waals surface area contributed by atoms with Crippen LogP contribution >= 0.6 is 0 Å². The molecule has 5 rings (SSSR count). The van der Waals surface area contributed by atoms with Crippen molar-refractivity contribution in [3.05, 3.63) is 49.1 Å². The van der Waals surface area contributed by atoms with Crippen LogP contribution in [0.4, 0.5) is 8.78 Å². The molecule has 2 bridgehead atoms. The van der Waals surface area contributed by atoms with E-state index in [-0.39, 0.29) is 36.6 Å². The van der Waals surface area contributed by atoms with Gasteiger partial charge in [-0.1, -0.05) is 0 Å². The van der Waals surface area contributed by atoms with Gasteiger partial charge in [-0.3, -0.25) is 0 Å². The predicted molar refractivity (Wildman–Crippen MR) is 105 cm³/mol. The largest absolute Gasteiger partial charge is 0.507 e. The van der Waals surface area contributed by atoms with Gasteiger partial charge in [-0.25, -0.2) is 13.8 Å². The molecule has 2 fully saturated rings. The van der Waals surface area contributed by atoms with Crippen molar-refractivity contribution in [1.82, 2.24) is 25.1 Å². The van der Waals surface area contributed by atoms with Gasteiger partial charge in [0.25, 0.3) is 5.92 Å². The van der Waals surface area contributed by atoms with Crippen molar-refractivity contribution in [3.8, 4) is 28.6 Å². The van der Waals surface area contributed by atoms with Gasteiger partial charge < -0.3 is 19.7 Å². The second-order valence-corrected chi connectivity index (χ2v) is 8.19. The highest BCUT2D eigenvalue weighted by atomic mass is 19.3. The van der Waals surface area contributed by atoms with Gasteiger partial charge in [0.1, 0.15) is 11.9 Å². The van der Waals surface area contributed by atoms with E-state index in [1.807, 2.05) is 6.07 Å². The quantitative estimate of drug-likeness (QED) is 0.683. The highest BCUT2D eigenvalue weighted by molar-refractivity contribution is 5.68. The molecule has 0 amide bonds. The monoisotopic (exact) mass is 413 g/mol. The number of aromatic hydroxyl groups is 1. The molecule has 2 aliphatic rings. The lowest BCUT2D eigenvalue weighted by molar-refractivity contribution is -0.0658. The fourth-order valence-electron chi connectivity index (χ4n) is 4.44. The average molecular weight is 413 g/mol. The van der Waals surface area contributed by atoms with Crippen LogP contribution < -0.4 is 10.1 Å². The zero-order valence-corrected chi connectivity index (χ0v) is 16.3. The lowest BCUT2D eigenvalue weighted by Crippen LogP contribution is -2.56. The first-order valence-electron chi connectivity index (χ1n) is 9.81. The van der Waals surface area contributed by atoms with E-state index in [1.54, 1.807) is 54.5 Å². The van der Waals surface area contributed by atoms with Crippen molar-refractivity contribution in [3.63, 3.8) is 0 Å². The van der Waals surface area contributed by atoms with E-state index in [0.717, 1.165) is 5.69 Å². The average Bonchev–Trinajstić information content (AvgIpc) is 3.27. The molecule has 2 aromatic heterocycles. The number of aromatic nitrogens is 4. The molecule has 4 heterocycles. The van der Waals surface area contributed by atoms with Crippen molar-refractivity contribution in [2.45, 2.75) is 49.8 Å². The Labute approximate surface area is 171 Å². The summed E-state index contributed by atoms with van der Waals surface area (Å²) in [4.78, 5) is 3.99. The molecule has 9 heteroatoms. The van der Waals surface area contributed by atoms with Crippen molar-refractivity contribution in [2.24, 2.45) is 0 Å². The zero-order valence-electron chi connectivity index (χ0n) is 16.3. The molecule has 0 unspecified atom stereocenters. The maximum Gasteiger partial charge on any atom is 0.267 e. The SMILES string of the molecule is C[C@]12C[C@@H](Oc3ccc(-c4ccc(-n5ccnc5)cc4O)nn3)C[C@H](CC1(F)F)N2. The molecule has 0 radical (unpaired) electrons. The predicted octanol–water partition coefficient (Wildman–Crippen LogP) is 3.33. The van der Waals surface area contributed by atoms with Gasteiger partial charge in [-0.2, -0.15) is 0 Å². The Hall–Kier alpha value is -3.07. The minimum atomic E-state index is -2.74. The van der Waals surface area contributed by atoms with Crippen molar-refractivity contribution in [1.29, 1.82) is 0 Å². The molecule has 0 saturated carbocycles. The molecule has 3 aromatic rings. The van der Waals surface area contributed by atoms with E-state index >= 15 is 0 Å². The van der Waals surface area contributed by atoms with Crippen LogP contribution in [0.15, 0.2) is 49.1 Å². The Kier molecular flexibility index (Phi) is 4.25. The number of nitrogens with one attached hydrogen (secondary N) is 1. The molecule has 2 N–H and O–H groups in total. The van der Waals surface area contributed by atoms with Crippen molar-refractivity contribution < 1.29 is 18.6 Å². The first kappa shape index (κ1) is 18.9. The summed E-state index contributed by atoms with van der Waals surface area (Å²) in [7, 11) is 0. The minimum absolute atomic E-state index is 0.0641. The summed E-state index contributed by atoms with van der Waals surface area (Å²) in [5.74, 6) is -2.40. The summed E-state index contributed by atoms with van der Waals surface area (Å²) in [5.41, 5.74) is 0.537. The number of rotatable bonds is 4. The van der Waals surface area contributed by atoms with E-state index in [9.17, 15) is 13.9 Å². The summed E-state index contributed by atoms with van der Waals surface area (Å²) < 4.78 is 36.1. The number of benzene rings is 1. The van der Waals surface area contributed by atoms with Crippen LogP contribution in [0.25, 0.3) is 16.9 Å². The van der Waals surface area contributed by atoms with Gasteiger partial charge in [0.05, 0.1) is 23.2 Å². The molecule has 1 aromatic carbocycles. The Balaban J connectivity index is 1.31. The molecule has 0 spiro atoms. The summed E-state index contributed by atoms with van der Waals surface area (Å²) in [6.07, 6.45) is 5.28. The highest BCUT2D eigenvalue weighted by Crippen LogP contribution is 2.47. The molecule has 7 nitrogen and oxygen atoms in total. The van der Waals surface area contributed by atoms with E-state index < -0.39 is 11.5 Å². The summed E-state index contributed by atoms with van der Waals surface area (Å²) in [6.45, 7) is 1.55. The summed E-state index contributed by atoms with van der Waals surface area (Å²) in [5, 5.41) is 21.7. The number of phenolic OH excluding ortho intramolecular Hbond substituents is 1. The Morgan fingerprint density at radius 1 is 1.20 bits per heavy atom. The second kappa shape index (κ2) is 6.73. The van der Waals surface area contributed by atoms with Crippen LogP contribution in [0.3, 0.4) is 0 Å². The smallest absolute Gasteiger partial charge is 0.267 e. The fourth-order valence-corrected chi connectivity index (χ4v) is 4.44. The topological polar surface area (TPSA) is 85.1 Å². The normalized spacial score (nSPS) is 27.2. The van der Waals surface area contributed by atoms with Gasteiger partial charge >= 0.3 is 0 Å². The van der Waals surface area contributed by atoms with Gasteiger partial charge in [0.2, 0.25) is 5.88 Å². The molecule has 2 saturated heterocycles. The molecule has 0 aliphatic carbocycles. The molecule has 2 aliphatic heterocycles. The Bertz CT molecular complexity index is 1060. The van der Waals surface area contributed by atoms with Crippen LogP contribution in [0.2, 0.25) is 0 Å². The highest BCUT2D eigenvalue weighted by Gasteiger charge is 2.61. The minimum Gasteiger partial charge on any atom is -0.507 e. The Morgan fingerprint density at radius 2 is 2.07 bits per heavy atom. The number of hydrogen-bond acceptors (Lipinski definition) is 6. The summed E-state index contributed by atoms with van der Waals surface area (Å²) in [6, 6.07) is 8.30. The second-order valence-electron chi connectivity index (χ2n) is 8.19. The molecular formula is C21H21F2N5O2. The third kappa shape index (κ3) is 3.19. The number of fused-ring (bicyclic) bond motifs is 2. The van der Waals surface area contributed by atoms with Crippen LogP contribution in [-0.4, -0.2) is 48.5 Å². The number of nitrogens with zero attached hydrogens (tertiary/aromatic N) is 4. The molecular weight excluding hydrogens is 392 g/mol. The third-order valence-electron chi connectivity index (χ3n) is 6.00. The van der Waals surface area contributed by atoms with Gasteiger partial charge in [0.15, 0.2) is 0 Å². The maximum absolute atomic E-state index is 14.2. The van der Waals surface area contributed by atoms with Crippen molar-refractivity contribution in [2.75, 3.05) is 0 Å². The number of alkyl halides is 2. The number of halogens is 2. The number of piperidine rings is 1. The van der Waals surface area contributed by atoms with E-state index in [0.29, 0.717) is 17.7 Å². The fraction of sp³-hybridized carbons (Fsp3) is 0.381. The lowest BCUT2D eigenvalue weighted by atomic mass is 9.88. The van der Waals surface area contributed by atoms with Crippen LogP contribution in [0.5, 0.6) is 11.6 Å². The number of hydrogen-bond donors (Lipinski definition) is 2. The third-order valence-corrected chi connectivity index (χ3v) is 6.00. The number of phenols is 1. The van der Waals surface area contributed by atoms with Crippen LogP contribution in [0.1, 0.15) is 26.2 Å². The number of imidazole rings is 1. The van der Waals surface area contributed by atoms with Gasteiger partial charge in [0, 0.05) is 49.0 Å². The molecule has 30 heavy (non-hydrogen) atoms. The summed E-state index contributed by atoms with van der Waals surface area (Å²) >= 11 is 0. The van der Waals surface area contributed by atoms with Crippen LogP contribution in [0, 0.1) is 0 Å². The standard InChI is InChI=1S/C21H21F2N5O2/c1-20-11-15(8-13(25-20)10-21(20,22)23)30-19-5-4-17(26-27-19)16-3-2-14(9-18(16)29)28-7-6-24-12-28/h2-7,9,12-13,15,25,29H,8,10-11H2,1H3/t13-,15+,20+/m1/s1. The number of ether oxygens (including phenoxy) is 1. The molecule has 3 atom stereocenters. The van der Waals surface area contributed by atoms with Gasteiger partial charge in [-0.15, -0.1) is 10.2 Å². The Morgan fingerprint density at radius 3 is 2.73 bits per heavy atom.